The minimum Gasteiger partial charge on any atom is -0.360 e. The fraction of sp³-hybridized carbons (Fsp3) is 0. The first kappa shape index (κ1) is 12.3. The average Bonchev–Trinajstić information content (AvgIpc) is 3.10. The van der Waals surface area contributed by atoms with Crippen LogP contribution in [0.15, 0.2) is 46.4 Å². The Morgan fingerprint density at radius 3 is 2.90 bits per heavy atom. The summed E-state index contributed by atoms with van der Waals surface area (Å²) in [7, 11) is 0. The van der Waals surface area contributed by atoms with Gasteiger partial charge in [-0.3, -0.25) is 4.79 Å². The van der Waals surface area contributed by atoms with Crippen LogP contribution >= 0.6 is 38.6 Å². The van der Waals surface area contributed by atoms with Crippen LogP contribution in [0.1, 0.15) is 15.2 Å². The summed E-state index contributed by atoms with van der Waals surface area (Å²) in [6, 6.07) is 9.98. The van der Waals surface area contributed by atoms with Crippen LogP contribution in [-0.2, 0) is 0 Å². The van der Waals surface area contributed by atoms with Gasteiger partial charge >= 0.3 is 0 Å². The van der Waals surface area contributed by atoms with Gasteiger partial charge in [-0.1, -0.05) is 15.9 Å². The monoisotopic (exact) mass is 361 g/mol. The molecule has 4 aromatic rings. The molecule has 0 aliphatic heterocycles. The summed E-state index contributed by atoms with van der Waals surface area (Å²) in [6.07, 6.45) is 1.80. The van der Waals surface area contributed by atoms with Crippen molar-refractivity contribution in [3.8, 4) is 0 Å². The van der Waals surface area contributed by atoms with Gasteiger partial charge in [0.2, 0.25) is 5.78 Å². The molecule has 98 valence electrons. The molecule has 1 aromatic carbocycles. The molecule has 4 rings (SSSR count). The molecule has 0 radical (unpaired) electrons. The van der Waals surface area contributed by atoms with Gasteiger partial charge in [0.25, 0.3) is 0 Å². The number of rotatable bonds is 2. The van der Waals surface area contributed by atoms with E-state index in [0.717, 1.165) is 25.8 Å². The van der Waals surface area contributed by atoms with Crippen molar-refractivity contribution in [1.82, 2.24) is 4.98 Å². The molecule has 2 nitrogen and oxygen atoms in total. The van der Waals surface area contributed by atoms with Crippen LogP contribution < -0.4 is 0 Å². The average molecular weight is 362 g/mol. The van der Waals surface area contributed by atoms with E-state index in [2.05, 4.69) is 32.4 Å². The van der Waals surface area contributed by atoms with Gasteiger partial charge in [-0.25, -0.2) is 0 Å². The lowest BCUT2D eigenvalue weighted by molar-refractivity contribution is 0.104. The molecule has 0 unspecified atom stereocenters. The highest BCUT2D eigenvalue weighted by molar-refractivity contribution is 9.10. The number of halogens is 1. The van der Waals surface area contributed by atoms with Gasteiger partial charge in [-0.15, -0.1) is 22.7 Å². The number of carbonyl (C=O) groups is 1. The van der Waals surface area contributed by atoms with Gasteiger partial charge in [0.1, 0.15) is 0 Å². The van der Waals surface area contributed by atoms with E-state index in [-0.39, 0.29) is 5.78 Å². The van der Waals surface area contributed by atoms with Gasteiger partial charge in [-0.2, -0.15) is 0 Å². The number of thiophene rings is 2. The second kappa shape index (κ2) is 4.55. The molecule has 20 heavy (non-hydrogen) atoms. The molecule has 0 atom stereocenters. The van der Waals surface area contributed by atoms with Crippen LogP contribution in [0, 0.1) is 0 Å². The zero-order valence-electron chi connectivity index (χ0n) is 10.1. The van der Waals surface area contributed by atoms with Crippen molar-refractivity contribution in [3.63, 3.8) is 0 Å². The number of aromatic amines is 1. The summed E-state index contributed by atoms with van der Waals surface area (Å²) >= 11 is 6.69. The van der Waals surface area contributed by atoms with Crippen LogP contribution in [0.2, 0.25) is 0 Å². The SMILES string of the molecule is O=C(c1cc2sccc2s1)c1c[nH]c2ccc(Br)cc12. The predicted molar refractivity (Wildman–Crippen MR) is 89.1 cm³/mol. The number of hydrogen-bond acceptors (Lipinski definition) is 3. The van der Waals surface area contributed by atoms with Crippen LogP contribution in [0.25, 0.3) is 20.3 Å². The smallest absolute Gasteiger partial charge is 0.205 e. The molecule has 1 N–H and O–H groups in total. The van der Waals surface area contributed by atoms with E-state index in [1.54, 1.807) is 28.9 Å². The molecule has 0 aliphatic carbocycles. The third-order valence-electron chi connectivity index (χ3n) is 3.25. The standard InChI is InChI=1S/C15H8BrNOS2/c16-8-1-2-11-9(5-8)10(7-17-11)15(18)14-6-13-12(20-14)3-4-19-13/h1-7,17H. The van der Waals surface area contributed by atoms with Crippen molar-refractivity contribution in [1.29, 1.82) is 0 Å². The van der Waals surface area contributed by atoms with E-state index in [1.807, 2.05) is 24.3 Å². The lowest BCUT2D eigenvalue weighted by Gasteiger charge is -1.97. The maximum absolute atomic E-state index is 12.7. The highest BCUT2D eigenvalue weighted by atomic mass is 79.9. The van der Waals surface area contributed by atoms with Crippen molar-refractivity contribution >= 4 is 64.7 Å². The highest BCUT2D eigenvalue weighted by Crippen LogP contribution is 2.33. The zero-order chi connectivity index (χ0) is 13.7. The van der Waals surface area contributed by atoms with Gasteiger partial charge in [0, 0.05) is 36.5 Å². The molecular formula is C15H8BrNOS2. The number of aromatic nitrogens is 1. The van der Waals surface area contributed by atoms with E-state index in [4.69, 9.17) is 0 Å². The van der Waals surface area contributed by atoms with Crippen molar-refractivity contribution in [2.75, 3.05) is 0 Å². The highest BCUT2D eigenvalue weighted by Gasteiger charge is 2.17. The molecule has 0 spiro atoms. The molecular weight excluding hydrogens is 354 g/mol. The summed E-state index contributed by atoms with van der Waals surface area (Å²) in [4.78, 5) is 16.6. The summed E-state index contributed by atoms with van der Waals surface area (Å²) < 4.78 is 3.34. The number of carbonyl (C=O) groups excluding carboxylic acids is 1. The van der Waals surface area contributed by atoms with E-state index in [9.17, 15) is 4.79 Å². The molecule has 0 amide bonds. The fourth-order valence-electron chi connectivity index (χ4n) is 2.29. The van der Waals surface area contributed by atoms with Crippen molar-refractivity contribution in [3.05, 3.63) is 56.8 Å². The molecule has 3 heterocycles. The Balaban J connectivity index is 1.87. The lowest BCUT2D eigenvalue weighted by Crippen LogP contribution is -1.96. The van der Waals surface area contributed by atoms with E-state index >= 15 is 0 Å². The number of hydrogen-bond donors (Lipinski definition) is 1. The first-order valence-corrected chi connectivity index (χ1v) is 8.50. The number of ketones is 1. The molecule has 0 saturated carbocycles. The van der Waals surface area contributed by atoms with Crippen LogP contribution in [0.4, 0.5) is 0 Å². The van der Waals surface area contributed by atoms with Crippen molar-refractivity contribution < 1.29 is 4.79 Å². The normalized spacial score (nSPS) is 11.4. The Morgan fingerprint density at radius 1 is 1.15 bits per heavy atom. The quantitative estimate of drug-likeness (QED) is 0.474. The number of benzene rings is 1. The molecule has 0 aliphatic rings. The van der Waals surface area contributed by atoms with Gasteiger partial charge in [0.05, 0.1) is 4.88 Å². The first-order chi connectivity index (χ1) is 9.72. The molecule has 0 fully saturated rings. The first-order valence-electron chi connectivity index (χ1n) is 6.01. The molecule has 0 saturated heterocycles. The summed E-state index contributed by atoms with van der Waals surface area (Å²) in [5.74, 6) is 0.0859. The third-order valence-corrected chi connectivity index (χ3v) is 5.84. The minimum atomic E-state index is 0.0859. The van der Waals surface area contributed by atoms with E-state index < -0.39 is 0 Å². The number of nitrogens with one attached hydrogen (secondary N) is 1. The van der Waals surface area contributed by atoms with Gasteiger partial charge in [0.15, 0.2) is 0 Å². The van der Waals surface area contributed by atoms with Crippen molar-refractivity contribution in [2.24, 2.45) is 0 Å². The Labute approximate surface area is 131 Å². The largest absolute Gasteiger partial charge is 0.360 e. The topological polar surface area (TPSA) is 32.9 Å². The second-order valence-corrected chi connectivity index (χ2v) is 7.43. The van der Waals surface area contributed by atoms with Gasteiger partial charge < -0.3 is 4.98 Å². The number of H-pyrrole nitrogens is 1. The summed E-state index contributed by atoms with van der Waals surface area (Å²) in [5.41, 5.74) is 1.71. The second-order valence-electron chi connectivity index (χ2n) is 4.48. The van der Waals surface area contributed by atoms with E-state index in [0.29, 0.717) is 0 Å². The van der Waals surface area contributed by atoms with Crippen molar-refractivity contribution in [2.45, 2.75) is 0 Å². The fourth-order valence-corrected chi connectivity index (χ4v) is 4.72. The molecule has 3 aromatic heterocycles. The van der Waals surface area contributed by atoms with Crippen LogP contribution in [-0.4, -0.2) is 10.8 Å². The third kappa shape index (κ3) is 1.85. The van der Waals surface area contributed by atoms with Crippen LogP contribution in [0.3, 0.4) is 0 Å². The summed E-state index contributed by atoms with van der Waals surface area (Å²) in [5, 5.41) is 3.01. The Hall–Kier alpha value is -1.43. The van der Waals surface area contributed by atoms with Crippen LogP contribution in [0.5, 0.6) is 0 Å². The Bertz CT molecular complexity index is 919. The lowest BCUT2D eigenvalue weighted by atomic mass is 10.1. The summed E-state index contributed by atoms with van der Waals surface area (Å²) in [6.45, 7) is 0. The predicted octanol–water partition coefficient (Wildman–Crippen LogP) is 5.44. The number of fused-ring (bicyclic) bond motifs is 2. The van der Waals surface area contributed by atoms with Gasteiger partial charge in [-0.05, 0) is 35.7 Å². The Morgan fingerprint density at radius 2 is 2.05 bits per heavy atom. The van der Waals surface area contributed by atoms with E-state index in [1.165, 1.54) is 9.40 Å². The molecule has 0 bridgehead atoms. The molecule has 5 heteroatoms. The Kier molecular flexibility index (Phi) is 2.80. The minimum absolute atomic E-state index is 0.0859. The maximum atomic E-state index is 12.7. The zero-order valence-corrected chi connectivity index (χ0v) is 13.4. The maximum Gasteiger partial charge on any atom is 0.205 e.